The highest BCUT2D eigenvalue weighted by atomic mass is 16.8. The number of esters is 8. The van der Waals surface area contributed by atoms with Crippen LogP contribution in [0.3, 0.4) is 0 Å². The molecule has 0 saturated carbocycles. The third kappa shape index (κ3) is 12.1. The molecule has 0 aliphatic carbocycles. The van der Waals surface area contributed by atoms with Crippen LogP contribution in [-0.4, -0.2) is 122 Å². The van der Waals surface area contributed by atoms with Gasteiger partial charge in [0.15, 0.2) is 30.7 Å². The molecule has 0 N–H and O–H groups in total. The summed E-state index contributed by atoms with van der Waals surface area (Å²) in [6.07, 6.45) is -16.3. The van der Waals surface area contributed by atoms with Crippen molar-refractivity contribution in [2.75, 3.05) is 13.2 Å². The standard InChI is InChI=1S/C28H38O19/c1-11(29)37-9-19-21(39-13(3)31)23(40-14(4)32)26(43-17(7)35)28(46-19)47-22-20(10-38-12(2)30)45-27(44-18(8)36)25(42-16(6)34)24(22)41-15(5)33/h19-28H,9-10H2,1-8H3/t19?,20?,21-,22-,23+,24+,25+,26+,27-,28+/m1/s1. The van der Waals surface area contributed by atoms with Gasteiger partial charge in [-0.15, -0.1) is 0 Å². The van der Waals surface area contributed by atoms with Crippen LogP contribution >= 0.6 is 0 Å². The number of carbonyl (C=O) groups excluding carboxylic acids is 8. The largest absolute Gasteiger partial charge is 0.463 e. The molecule has 0 aromatic heterocycles. The molecular formula is C28H38O19. The minimum atomic E-state index is -1.83. The van der Waals surface area contributed by atoms with Gasteiger partial charge in [0.2, 0.25) is 12.4 Å². The van der Waals surface area contributed by atoms with Crippen LogP contribution in [0.25, 0.3) is 0 Å². The van der Waals surface area contributed by atoms with Gasteiger partial charge in [0, 0.05) is 55.4 Å². The highest BCUT2D eigenvalue weighted by molar-refractivity contribution is 5.70. The fraction of sp³-hybridized carbons (Fsp3) is 0.714. The Labute approximate surface area is 268 Å². The third-order valence-corrected chi connectivity index (χ3v) is 6.17. The summed E-state index contributed by atoms with van der Waals surface area (Å²) in [7, 11) is 0. The summed E-state index contributed by atoms with van der Waals surface area (Å²) >= 11 is 0. The van der Waals surface area contributed by atoms with Gasteiger partial charge < -0.3 is 52.1 Å². The van der Waals surface area contributed by atoms with Gasteiger partial charge in [0.25, 0.3) is 0 Å². The Kier molecular flexibility index (Phi) is 14.5. The summed E-state index contributed by atoms with van der Waals surface area (Å²) in [6, 6.07) is 0. The van der Waals surface area contributed by atoms with E-state index in [1.807, 2.05) is 0 Å². The van der Waals surface area contributed by atoms with Crippen molar-refractivity contribution in [2.24, 2.45) is 0 Å². The number of carbonyl (C=O) groups is 8. The quantitative estimate of drug-likeness (QED) is 0.181. The third-order valence-electron chi connectivity index (χ3n) is 6.17. The molecule has 2 heterocycles. The fourth-order valence-corrected chi connectivity index (χ4v) is 4.73. The molecule has 0 radical (unpaired) electrons. The summed E-state index contributed by atoms with van der Waals surface area (Å²) in [5.41, 5.74) is 0. The average Bonchev–Trinajstić information content (AvgIpc) is 2.91. The molecule has 10 atom stereocenters. The summed E-state index contributed by atoms with van der Waals surface area (Å²) in [4.78, 5) is 96.3. The van der Waals surface area contributed by atoms with Crippen LogP contribution in [-0.2, 0) is 90.5 Å². The highest BCUT2D eigenvalue weighted by Crippen LogP contribution is 2.35. The van der Waals surface area contributed by atoms with Crippen molar-refractivity contribution in [1.82, 2.24) is 0 Å². The van der Waals surface area contributed by atoms with Crippen LogP contribution < -0.4 is 0 Å². The molecule has 0 bridgehead atoms. The zero-order valence-electron chi connectivity index (χ0n) is 26.9. The first-order valence-corrected chi connectivity index (χ1v) is 14.2. The van der Waals surface area contributed by atoms with Crippen LogP contribution in [0.15, 0.2) is 0 Å². The molecule has 264 valence electrons. The van der Waals surface area contributed by atoms with Gasteiger partial charge in [-0.1, -0.05) is 0 Å². The molecular weight excluding hydrogens is 640 g/mol. The first kappa shape index (κ1) is 38.8. The minimum absolute atomic E-state index is 0.590. The highest BCUT2D eigenvalue weighted by Gasteiger charge is 2.58. The molecule has 0 aromatic carbocycles. The lowest BCUT2D eigenvalue weighted by Gasteiger charge is -2.48. The summed E-state index contributed by atoms with van der Waals surface area (Å²) in [6.45, 7) is 7.05. The number of rotatable bonds is 12. The molecule has 2 saturated heterocycles. The number of ether oxygens (including phenoxy) is 11. The van der Waals surface area contributed by atoms with E-state index in [-0.39, 0.29) is 0 Å². The van der Waals surface area contributed by atoms with Gasteiger partial charge in [0.05, 0.1) is 0 Å². The van der Waals surface area contributed by atoms with Crippen LogP contribution in [0, 0.1) is 0 Å². The predicted molar refractivity (Wildman–Crippen MR) is 145 cm³/mol. The van der Waals surface area contributed by atoms with E-state index >= 15 is 0 Å². The van der Waals surface area contributed by atoms with E-state index in [1.165, 1.54) is 0 Å². The van der Waals surface area contributed by atoms with Crippen molar-refractivity contribution in [3.8, 4) is 0 Å². The lowest BCUT2D eigenvalue weighted by Crippen LogP contribution is -2.67. The van der Waals surface area contributed by atoms with E-state index in [4.69, 9.17) is 52.1 Å². The zero-order valence-corrected chi connectivity index (χ0v) is 26.9. The van der Waals surface area contributed by atoms with Gasteiger partial charge in [-0.25, -0.2) is 0 Å². The van der Waals surface area contributed by atoms with E-state index in [9.17, 15) is 38.4 Å². The van der Waals surface area contributed by atoms with Crippen LogP contribution in [0.5, 0.6) is 0 Å². The Morgan fingerprint density at radius 2 is 0.702 bits per heavy atom. The molecule has 19 heteroatoms. The smallest absolute Gasteiger partial charge is 0.305 e. The monoisotopic (exact) mass is 678 g/mol. The van der Waals surface area contributed by atoms with Crippen molar-refractivity contribution < 1.29 is 90.5 Å². The summed E-state index contributed by atoms with van der Waals surface area (Å²) in [5, 5.41) is 0. The molecule has 2 aliphatic heterocycles. The number of hydrogen-bond acceptors (Lipinski definition) is 19. The zero-order chi connectivity index (χ0) is 35.6. The van der Waals surface area contributed by atoms with Gasteiger partial charge in [-0.3, -0.25) is 38.4 Å². The van der Waals surface area contributed by atoms with Crippen LogP contribution in [0.4, 0.5) is 0 Å². The van der Waals surface area contributed by atoms with Crippen molar-refractivity contribution in [1.29, 1.82) is 0 Å². The van der Waals surface area contributed by atoms with Gasteiger partial charge in [0.1, 0.15) is 31.5 Å². The average molecular weight is 679 g/mol. The topological polar surface area (TPSA) is 238 Å². The molecule has 0 spiro atoms. The Balaban J connectivity index is 2.73. The Morgan fingerprint density at radius 1 is 0.383 bits per heavy atom. The Bertz CT molecular complexity index is 1200. The molecule has 19 nitrogen and oxygen atoms in total. The normalized spacial score (nSPS) is 30.0. The molecule has 2 aliphatic rings. The predicted octanol–water partition coefficient (Wildman–Crippen LogP) is -0.831. The van der Waals surface area contributed by atoms with Crippen molar-refractivity contribution in [3.63, 3.8) is 0 Å². The van der Waals surface area contributed by atoms with E-state index in [0.29, 0.717) is 0 Å². The first-order valence-electron chi connectivity index (χ1n) is 14.2. The number of hydrogen-bond donors (Lipinski definition) is 0. The van der Waals surface area contributed by atoms with Gasteiger partial charge >= 0.3 is 47.8 Å². The second-order valence-corrected chi connectivity index (χ2v) is 10.3. The maximum absolute atomic E-state index is 12.3. The van der Waals surface area contributed by atoms with Crippen LogP contribution in [0.2, 0.25) is 0 Å². The molecule has 2 rings (SSSR count). The van der Waals surface area contributed by atoms with E-state index < -0.39 is 122 Å². The second-order valence-electron chi connectivity index (χ2n) is 10.3. The van der Waals surface area contributed by atoms with E-state index in [2.05, 4.69) is 0 Å². The lowest BCUT2D eigenvalue weighted by atomic mass is 9.96. The van der Waals surface area contributed by atoms with E-state index in [0.717, 1.165) is 55.4 Å². The maximum Gasteiger partial charge on any atom is 0.305 e. The fourth-order valence-electron chi connectivity index (χ4n) is 4.73. The van der Waals surface area contributed by atoms with E-state index in [1.54, 1.807) is 0 Å². The second kappa shape index (κ2) is 17.5. The Hall–Kier alpha value is -4.36. The first-order chi connectivity index (χ1) is 21.9. The van der Waals surface area contributed by atoms with Gasteiger partial charge in [-0.2, -0.15) is 0 Å². The van der Waals surface area contributed by atoms with Crippen molar-refractivity contribution in [2.45, 2.75) is 117 Å². The summed E-state index contributed by atoms with van der Waals surface area (Å²) in [5.74, 6) is -7.02. The Morgan fingerprint density at radius 3 is 1.11 bits per heavy atom. The molecule has 0 aromatic rings. The molecule has 2 unspecified atom stereocenters. The molecule has 2 fully saturated rings. The molecule has 0 amide bonds. The van der Waals surface area contributed by atoms with Crippen LogP contribution in [0.1, 0.15) is 55.4 Å². The van der Waals surface area contributed by atoms with Gasteiger partial charge in [-0.05, 0) is 0 Å². The van der Waals surface area contributed by atoms with Crippen molar-refractivity contribution >= 4 is 47.8 Å². The summed E-state index contributed by atoms with van der Waals surface area (Å²) < 4.78 is 60.2. The molecule has 47 heavy (non-hydrogen) atoms. The minimum Gasteiger partial charge on any atom is -0.463 e. The van der Waals surface area contributed by atoms with Crippen molar-refractivity contribution in [3.05, 3.63) is 0 Å². The SMILES string of the molecule is CC(=O)OCC1O[C@@H](O[C@@H]2C(COC(C)=O)O[C@@H](OC(C)=O)[C@@H](OC(C)=O)[C@H]2OC(C)=O)[C@@H](OC(C)=O)[C@@H](OC(C)=O)[C@@H]1OC(C)=O. The lowest BCUT2D eigenvalue weighted by molar-refractivity contribution is -0.357. The maximum atomic E-state index is 12.3.